The Morgan fingerprint density at radius 3 is 2.57 bits per heavy atom. The Morgan fingerprint density at radius 2 is 1.87 bits per heavy atom. The van der Waals surface area contributed by atoms with Crippen LogP contribution >= 0.6 is 11.6 Å². The number of amides is 1. The zero-order valence-corrected chi connectivity index (χ0v) is 13.5. The van der Waals surface area contributed by atoms with Crippen molar-refractivity contribution in [1.82, 2.24) is 15.3 Å². The van der Waals surface area contributed by atoms with E-state index in [1.165, 1.54) is 0 Å². The molecule has 0 radical (unpaired) electrons. The highest BCUT2D eigenvalue weighted by Gasteiger charge is 2.22. The molecular weight excluding hydrogens is 312 g/mol. The lowest BCUT2D eigenvalue weighted by atomic mass is 10.0. The highest BCUT2D eigenvalue weighted by Crippen LogP contribution is 2.17. The number of nitrogens with one attached hydrogen (secondary N) is 1. The van der Waals surface area contributed by atoms with Crippen molar-refractivity contribution in [1.29, 1.82) is 0 Å². The topological polar surface area (TPSA) is 58.1 Å². The minimum absolute atomic E-state index is 0.0208. The molecule has 0 unspecified atom stereocenters. The van der Waals surface area contributed by atoms with Gasteiger partial charge < -0.3 is 10.2 Å². The van der Waals surface area contributed by atoms with Crippen LogP contribution in [0.1, 0.15) is 18.4 Å². The van der Waals surface area contributed by atoms with Crippen LogP contribution in [0, 0.1) is 0 Å². The van der Waals surface area contributed by atoms with Crippen molar-refractivity contribution in [3.63, 3.8) is 0 Å². The molecule has 1 N–H and O–H groups in total. The normalized spacial score (nSPS) is 15.4. The monoisotopic (exact) mass is 330 g/mol. The predicted molar refractivity (Wildman–Crippen MR) is 90.6 cm³/mol. The molecule has 0 saturated carbocycles. The predicted octanol–water partition coefficient (Wildman–Crippen LogP) is 2.46. The van der Waals surface area contributed by atoms with Gasteiger partial charge in [-0.15, -0.1) is 0 Å². The molecule has 1 aromatic carbocycles. The number of hydrogen-bond donors (Lipinski definition) is 1. The molecule has 2 aromatic rings. The number of halogens is 1. The van der Waals surface area contributed by atoms with Gasteiger partial charge in [-0.2, -0.15) is 0 Å². The molecule has 1 aliphatic heterocycles. The maximum Gasteiger partial charge on any atom is 0.225 e. The van der Waals surface area contributed by atoms with Crippen LogP contribution < -0.4 is 10.2 Å². The SMILES string of the molecule is O=C(Cc1ccccc1Cl)NC1CCN(c2ncccn2)CC1. The third kappa shape index (κ3) is 4.20. The Labute approximate surface area is 140 Å². The van der Waals surface area contributed by atoms with Gasteiger partial charge in [0.1, 0.15) is 0 Å². The molecule has 3 rings (SSSR count). The molecule has 0 atom stereocenters. The molecule has 23 heavy (non-hydrogen) atoms. The summed E-state index contributed by atoms with van der Waals surface area (Å²) in [5, 5.41) is 3.74. The number of aromatic nitrogens is 2. The van der Waals surface area contributed by atoms with Crippen LogP contribution in [0.2, 0.25) is 5.02 Å². The standard InChI is InChI=1S/C17H19ClN4O/c18-15-5-2-1-4-13(15)12-16(23)21-14-6-10-22(11-7-14)17-19-8-3-9-20-17/h1-5,8-9,14H,6-7,10-12H2,(H,21,23). The highest BCUT2D eigenvalue weighted by molar-refractivity contribution is 6.31. The van der Waals surface area contributed by atoms with Gasteiger partial charge in [0.2, 0.25) is 11.9 Å². The van der Waals surface area contributed by atoms with E-state index >= 15 is 0 Å². The Bertz CT molecular complexity index is 657. The van der Waals surface area contributed by atoms with Gasteiger partial charge in [0, 0.05) is 36.5 Å². The van der Waals surface area contributed by atoms with Crippen molar-refractivity contribution in [3.05, 3.63) is 53.3 Å². The molecule has 0 bridgehead atoms. The minimum atomic E-state index is 0.0208. The summed E-state index contributed by atoms with van der Waals surface area (Å²) in [7, 11) is 0. The fraction of sp³-hybridized carbons (Fsp3) is 0.353. The van der Waals surface area contributed by atoms with Gasteiger partial charge in [-0.1, -0.05) is 29.8 Å². The van der Waals surface area contributed by atoms with E-state index in [1.54, 1.807) is 12.4 Å². The first-order chi connectivity index (χ1) is 11.2. The molecule has 0 aliphatic carbocycles. The van der Waals surface area contributed by atoms with Gasteiger partial charge in [-0.3, -0.25) is 4.79 Å². The largest absolute Gasteiger partial charge is 0.353 e. The van der Waals surface area contributed by atoms with Crippen LogP contribution in [0.15, 0.2) is 42.7 Å². The van der Waals surface area contributed by atoms with Crippen LogP contribution in [0.5, 0.6) is 0 Å². The number of hydrogen-bond acceptors (Lipinski definition) is 4. The quantitative estimate of drug-likeness (QED) is 0.935. The molecule has 1 aromatic heterocycles. The molecule has 6 heteroatoms. The van der Waals surface area contributed by atoms with E-state index in [9.17, 15) is 4.79 Å². The summed E-state index contributed by atoms with van der Waals surface area (Å²) in [4.78, 5) is 22.9. The number of carbonyl (C=O) groups excluding carboxylic acids is 1. The van der Waals surface area contributed by atoms with Crippen molar-refractivity contribution in [2.24, 2.45) is 0 Å². The van der Waals surface area contributed by atoms with Crippen LogP contribution in [0.4, 0.5) is 5.95 Å². The van der Waals surface area contributed by atoms with Crippen molar-refractivity contribution < 1.29 is 4.79 Å². The summed E-state index contributed by atoms with van der Waals surface area (Å²) in [5.41, 5.74) is 0.863. The third-order valence-corrected chi connectivity index (χ3v) is 4.37. The summed E-state index contributed by atoms with van der Waals surface area (Å²) in [5.74, 6) is 0.779. The van der Waals surface area contributed by atoms with Crippen LogP contribution in [0.25, 0.3) is 0 Å². The average molecular weight is 331 g/mol. The molecule has 1 amide bonds. The molecule has 1 aliphatic rings. The van der Waals surface area contributed by atoms with Crippen LogP contribution in [-0.4, -0.2) is 35.0 Å². The second-order valence-corrected chi connectivity index (χ2v) is 6.05. The molecule has 1 saturated heterocycles. The number of anilines is 1. The number of piperidine rings is 1. The first-order valence-electron chi connectivity index (χ1n) is 7.77. The lowest BCUT2D eigenvalue weighted by molar-refractivity contribution is -0.121. The maximum absolute atomic E-state index is 12.2. The van der Waals surface area contributed by atoms with Crippen molar-refractivity contribution >= 4 is 23.5 Å². The van der Waals surface area contributed by atoms with E-state index in [0.717, 1.165) is 37.4 Å². The summed E-state index contributed by atoms with van der Waals surface area (Å²) in [6.07, 6.45) is 5.61. The first-order valence-corrected chi connectivity index (χ1v) is 8.15. The van der Waals surface area contributed by atoms with Crippen molar-refractivity contribution in [2.45, 2.75) is 25.3 Å². The lowest BCUT2D eigenvalue weighted by Crippen LogP contribution is -2.45. The minimum Gasteiger partial charge on any atom is -0.353 e. The zero-order chi connectivity index (χ0) is 16.1. The molecule has 0 spiro atoms. The zero-order valence-electron chi connectivity index (χ0n) is 12.8. The Kier molecular flexibility index (Phi) is 5.08. The van der Waals surface area contributed by atoms with Crippen LogP contribution in [-0.2, 0) is 11.2 Å². The number of rotatable bonds is 4. The Balaban J connectivity index is 1.49. The highest BCUT2D eigenvalue weighted by atomic mass is 35.5. The Morgan fingerprint density at radius 1 is 1.17 bits per heavy atom. The van der Waals surface area contributed by atoms with Gasteiger partial charge in [0.15, 0.2) is 0 Å². The van der Waals surface area contributed by atoms with Crippen molar-refractivity contribution in [3.8, 4) is 0 Å². The van der Waals surface area contributed by atoms with Gasteiger partial charge in [0.05, 0.1) is 6.42 Å². The van der Waals surface area contributed by atoms with Gasteiger partial charge in [0.25, 0.3) is 0 Å². The second kappa shape index (κ2) is 7.42. The second-order valence-electron chi connectivity index (χ2n) is 5.65. The van der Waals surface area contributed by atoms with Gasteiger partial charge in [-0.05, 0) is 30.5 Å². The Hall–Kier alpha value is -2.14. The molecule has 120 valence electrons. The van der Waals surface area contributed by atoms with Crippen molar-refractivity contribution in [2.75, 3.05) is 18.0 Å². The smallest absolute Gasteiger partial charge is 0.225 e. The fourth-order valence-electron chi connectivity index (χ4n) is 2.77. The van der Waals surface area contributed by atoms with Gasteiger partial charge >= 0.3 is 0 Å². The summed E-state index contributed by atoms with van der Waals surface area (Å²) < 4.78 is 0. The van der Waals surface area contributed by atoms with E-state index < -0.39 is 0 Å². The van der Waals surface area contributed by atoms with E-state index in [1.807, 2.05) is 30.3 Å². The van der Waals surface area contributed by atoms with Gasteiger partial charge in [-0.25, -0.2) is 9.97 Å². The van der Waals surface area contributed by atoms with E-state index in [4.69, 9.17) is 11.6 Å². The first kappa shape index (κ1) is 15.7. The van der Waals surface area contributed by atoms with E-state index in [-0.39, 0.29) is 11.9 Å². The molecule has 5 nitrogen and oxygen atoms in total. The maximum atomic E-state index is 12.2. The number of carbonyl (C=O) groups is 1. The fourth-order valence-corrected chi connectivity index (χ4v) is 2.97. The van der Waals surface area contributed by atoms with E-state index in [2.05, 4.69) is 20.2 Å². The molecular formula is C17H19ClN4O. The lowest BCUT2D eigenvalue weighted by Gasteiger charge is -2.32. The summed E-state index contributed by atoms with van der Waals surface area (Å²) in [6, 6.07) is 9.47. The third-order valence-electron chi connectivity index (χ3n) is 4.00. The average Bonchev–Trinajstić information content (AvgIpc) is 2.58. The molecule has 2 heterocycles. The number of benzene rings is 1. The van der Waals surface area contributed by atoms with E-state index in [0.29, 0.717) is 11.4 Å². The van der Waals surface area contributed by atoms with Crippen LogP contribution in [0.3, 0.4) is 0 Å². The summed E-state index contributed by atoms with van der Waals surface area (Å²) in [6.45, 7) is 1.70. The number of nitrogens with zero attached hydrogens (tertiary/aromatic N) is 3. The summed E-state index contributed by atoms with van der Waals surface area (Å²) >= 11 is 6.10. The molecule has 1 fully saturated rings.